The molecule has 2 aliphatic rings. The summed E-state index contributed by atoms with van der Waals surface area (Å²) in [6.45, 7) is 4.20. The Labute approximate surface area is 130 Å². The van der Waals surface area contributed by atoms with E-state index in [9.17, 15) is 4.79 Å². The first-order valence-corrected chi connectivity index (χ1v) is 7.91. The van der Waals surface area contributed by atoms with Crippen molar-refractivity contribution in [2.24, 2.45) is 11.8 Å². The van der Waals surface area contributed by atoms with Crippen molar-refractivity contribution in [3.8, 4) is 0 Å². The lowest BCUT2D eigenvalue weighted by Crippen LogP contribution is -2.48. The fourth-order valence-corrected chi connectivity index (χ4v) is 3.03. The second-order valence-electron chi connectivity index (χ2n) is 5.98. The molecular weight excluding hydrogens is 288 g/mol. The first kappa shape index (κ1) is 14.8. The van der Waals surface area contributed by atoms with Crippen molar-refractivity contribution >= 4 is 17.5 Å². The number of nitrogens with one attached hydrogen (secondary N) is 2. The Kier molecular flexibility index (Phi) is 4.48. The SMILES string of the molecule is C[C@@H]1C[C@@H]1[C@@H](NC(=O)[C@@H]1CNCCO1)c1ccc(Cl)cc1. The van der Waals surface area contributed by atoms with E-state index < -0.39 is 0 Å². The van der Waals surface area contributed by atoms with Gasteiger partial charge in [0.05, 0.1) is 12.6 Å². The van der Waals surface area contributed by atoms with Crippen LogP contribution in [0.1, 0.15) is 24.9 Å². The van der Waals surface area contributed by atoms with Gasteiger partial charge < -0.3 is 15.4 Å². The van der Waals surface area contributed by atoms with E-state index in [2.05, 4.69) is 17.6 Å². The van der Waals surface area contributed by atoms with Crippen LogP contribution in [-0.2, 0) is 9.53 Å². The van der Waals surface area contributed by atoms with Crippen molar-refractivity contribution in [1.82, 2.24) is 10.6 Å². The number of halogens is 1. The lowest BCUT2D eigenvalue weighted by Gasteiger charge is -2.26. The van der Waals surface area contributed by atoms with Crippen LogP contribution in [0.15, 0.2) is 24.3 Å². The first-order valence-electron chi connectivity index (χ1n) is 7.53. The van der Waals surface area contributed by atoms with E-state index in [-0.39, 0.29) is 18.1 Å². The third-order valence-corrected chi connectivity index (χ3v) is 4.60. The fourth-order valence-electron chi connectivity index (χ4n) is 2.90. The number of hydrogen-bond acceptors (Lipinski definition) is 3. The predicted molar refractivity (Wildman–Crippen MR) is 82.2 cm³/mol. The van der Waals surface area contributed by atoms with Crippen LogP contribution < -0.4 is 10.6 Å². The third-order valence-electron chi connectivity index (χ3n) is 4.35. The van der Waals surface area contributed by atoms with Crippen molar-refractivity contribution in [3.05, 3.63) is 34.9 Å². The Bertz CT molecular complexity index is 500. The monoisotopic (exact) mass is 308 g/mol. The smallest absolute Gasteiger partial charge is 0.250 e. The topological polar surface area (TPSA) is 50.4 Å². The molecule has 1 heterocycles. The predicted octanol–water partition coefficient (Wildman–Crippen LogP) is 2.14. The van der Waals surface area contributed by atoms with Gasteiger partial charge >= 0.3 is 0 Å². The average molecular weight is 309 g/mol. The van der Waals surface area contributed by atoms with E-state index >= 15 is 0 Å². The molecule has 2 N–H and O–H groups in total. The minimum Gasteiger partial charge on any atom is -0.366 e. The van der Waals surface area contributed by atoms with Crippen molar-refractivity contribution in [2.75, 3.05) is 19.7 Å². The molecule has 1 amide bonds. The number of rotatable bonds is 4. The average Bonchev–Trinajstić information content (AvgIpc) is 3.23. The van der Waals surface area contributed by atoms with Crippen LogP contribution in [0.5, 0.6) is 0 Å². The molecule has 0 bridgehead atoms. The van der Waals surface area contributed by atoms with Crippen LogP contribution in [0.3, 0.4) is 0 Å². The van der Waals surface area contributed by atoms with Gasteiger partial charge in [-0.3, -0.25) is 4.79 Å². The van der Waals surface area contributed by atoms with Crippen LogP contribution in [0.4, 0.5) is 0 Å². The van der Waals surface area contributed by atoms with Gasteiger partial charge in [-0.25, -0.2) is 0 Å². The van der Waals surface area contributed by atoms with Gasteiger partial charge in [-0.05, 0) is 36.0 Å². The van der Waals surface area contributed by atoms with Crippen LogP contribution in [0.2, 0.25) is 5.02 Å². The van der Waals surface area contributed by atoms with Crippen molar-refractivity contribution in [2.45, 2.75) is 25.5 Å². The number of morpholine rings is 1. The summed E-state index contributed by atoms with van der Waals surface area (Å²) in [4.78, 5) is 12.4. The van der Waals surface area contributed by atoms with E-state index in [1.165, 1.54) is 0 Å². The molecule has 1 aliphatic carbocycles. The second-order valence-corrected chi connectivity index (χ2v) is 6.41. The number of ether oxygens (including phenoxy) is 1. The van der Waals surface area contributed by atoms with Crippen molar-refractivity contribution < 1.29 is 9.53 Å². The Hall–Kier alpha value is -1.10. The Morgan fingerprint density at radius 2 is 2.14 bits per heavy atom. The molecule has 1 aromatic rings. The van der Waals surface area contributed by atoms with E-state index in [4.69, 9.17) is 16.3 Å². The lowest BCUT2D eigenvalue weighted by molar-refractivity contribution is -0.135. The Morgan fingerprint density at radius 1 is 1.43 bits per heavy atom. The van der Waals surface area contributed by atoms with E-state index in [1.54, 1.807) is 0 Å². The van der Waals surface area contributed by atoms with Gasteiger partial charge in [0.15, 0.2) is 0 Å². The molecule has 0 aromatic heterocycles. The minimum atomic E-state index is -0.386. The van der Waals surface area contributed by atoms with E-state index in [1.807, 2.05) is 24.3 Å². The molecule has 4 atom stereocenters. The Balaban J connectivity index is 1.70. The minimum absolute atomic E-state index is 0.0266. The summed E-state index contributed by atoms with van der Waals surface area (Å²) in [6.07, 6.45) is 0.764. The maximum Gasteiger partial charge on any atom is 0.250 e. The van der Waals surface area contributed by atoms with Crippen LogP contribution in [0, 0.1) is 11.8 Å². The van der Waals surface area contributed by atoms with Crippen molar-refractivity contribution in [3.63, 3.8) is 0 Å². The van der Waals surface area contributed by atoms with Gasteiger partial charge in [-0.2, -0.15) is 0 Å². The molecule has 0 unspecified atom stereocenters. The molecule has 1 aromatic carbocycles. The van der Waals surface area contributed by atoms with Crippen LogP contribution in [-0.4, -0.2) is 31.7 Å². The molecule has 114 valence electrons. The molecule has 0 radical (unpaired) electrons. The molecule has 1 saturated carbocycles. The van der Waals surface area contributed by atoms with Gasteiger partial charge in [0.2, 0.25) is 0 Å². The van der Waals surface area contributed by atoms with Gasteiger partial charge in [-0.15, -0.1) is 0 Å². The maximum absolute atomic E-state index is 12.4. The summed E-state index contributed by atoms with van der Waals surface area (Å²) < 4.78 is 5.53. The largest absolute Gasteiger partial charge is 0.366 e. The quantitative estimate of drug-likeness (QED) is 0.896. The van der Waals surface area contributed by atoms with Gasteiger partial charge in [0.25, 0.3) is 5.91 Å². The molecule has 0 spiro atoms. The summed E-state index contributed by atoms with van der Waals surface area (Å²) in [5.41, 5.74) is 1.12. The highest BCUT2D eigenvalue weighted by atomic mass is 35.5. The van der Waals surface area contributed by atoms with Gasteiger partial charge in [-0.1, -0.05) is 30.7 Å². The number of hydrogen-bond donors (Lipinski definition) is 2. The maximum atomic E-state index is 12.4. The highest BCUT2D eigenvalue weighted by Gasteiger charge is 2.41. The fraction of sp³-hybridized carbons (Fsp3) is 0.562. The molecular formula is C16H21ClN2O2. The van der Waals surface area contributed by atoms with Gasteiger partial charge in [0, 0.05) is 18.1 Å². The second kappa shape index (κ2) is 6.34. The summed E-state index contributed by atoms with van der Waals surface area (Å²) in [6, 6.07) is 7.80. The zero-order valence-electron chi connectivity index (χ0n) is 12.1. The number of amides is 1. The summed E-state index contributed by atoms with van der Waals surface area (Å²) in [7, 11) is 0. The van der Waals surface area contributed by atoms with Crippen LogP contribution in [0.25, 0.3) is 0 Å². The molecule has 5 heteroatoms. The highest BCUT2D eigenvalue weighted by molar-refractivity contribution is 6.30. The summed E-state index contributed by atoms with van der Waals surface area (Å²) >= 11 is 5.95. The zero-order valence-corrected chi connectivity index (χ0v) is 12.9. The third kappa shape index (κ3) is 3.57. The highest BCUT2D eigenvalue weighted by Crippen LogP contribution is 2.47. The molecule has 1 aliphatic heterocycles. The Morgan fingerprint density at radius 3 is 2.71 bits per heavy atom. The summed E-state index contributed by atoms with van der Waals surface area (Å²) in [5, 5.41) is 7.07. The molecule has 21 heavy (non-hydrogen) atoms. The molecule has 3 rings (SSSR count). The molecule has 2 fully saturated rings. The van der Waals surface area contributed by atoms with Gasteiger partial charge in [0.1, 0.15) is 6.10 Å². The number of carbonyl (C=O) groups is 1. The van der Waals surface area contributed by atoms with E-state index in [0.29, 0.717) is 30.0 Å². The summed E-state index contributed by atoms with van der Waals surface area (Å²) in [5.74, 6) is 1.13. The number of carbonyl (C=O) groups excluding carboxylic acids is 1. The molecule has 1 saturated heterocycles. The van der Waals surface area contributed by atoms with Crippen LogP contribution >= 0.6 is 11.6 Å². The van der Waals surface area contributed by atoms with E-state index in [0.717, 1.165) is 18.5 Å². The molecule has 4 nitrogen and oxygen atoms in total. The van der Waals surface area contributed by atoms with Crippen molar-refractivity contribution in [1.29, 1.82) is 0 Å². The first-order chi connectivity index (χ1) is 10.1. The zero-order chi connectivity index (χ0) is 14.8. The normalized spacial score (nSPS) is 29.7. The lowest BCUT2D eigenvalue weighted by atomic mass is 10.0. The number of benzene rings is 1. The standard InChI is InChI=1S/C16H21ClN2O2/c1-10-8-13(10)15(11-2-4-12(17)5-3-11)19-16(20)14-9-18-6-7-21-14/h2-5,10,13-15,18H,6-9H2,1H3,(H,19,20)/t10-,13+,14+,15+/m1/s1.